The third-order valence-corrected chi connectivity index (χ3v) is 7.33. The molecule has 2 heterocycles. The van der Waals surface area contributed by atoms with E-state index < -0.39 is 46.8 Å². The van der Waals surface area contributed by atoms with Crippen LogP contribution in [0.3, 0.4) is 0 Å². The van der Waals surface area contributed by atoms with Crippen molar-refractivity contribution in [1.82, 2.24) is 14.5 Å². The Morgan fingerprint density at radius 2 is 1.94 bits per heavy atom. The fraction of sp³-hybridized carbons (Fsp3) is 0.609. The summed E-state index contributed by atoms with van der Waals surface area (Å²) in [5.74, 6) is -2.26. The van der Waals surface area contributed by atoms with Gasteiger partial charge in [0.05, 0.1) is 35.8 Å². The first-order chi connectivity index (χ1) is 15.4. The molecule has 1 N–H and O–H groups in total. The number of piperidine rings is 1. The van der Waals surface area contributed by atoms with Gasteiger partial charge in [-0.05, 0) is 31.4 Å². The van der Waals surface area contributed by atoms with E-state index in [2.05, 4.69) is 4.98 Å². The van der Waals surface area contributed by atoms with Crippen LogP contribution in [0.4, 0.5) is 17.6 Å². The van der Waals surface area contributed by atoms with Gasteiger partial charge in [-0.2, -0.15) is 13.2 Å². The SMILES string of the molecule is C[C@H](CC(F)(F)F)C(=O)N1CCC(O)(Cn2cnc3cc(F)ccc3c2=O)C2(CCCC2)C1. The van der Waals surface area contributed by atoms with Gasteiger partial charge in [-0.15, -0.1) is 0 Å². The van der Waals surface area contributed by atoms with Crippen molar-refractivity contribution < 1.29 is 27.5 Å². The van der Waals surface area contributed by atoms with Crippen LogP contribution in [0.2, 0.25) is 0 Å². The first-order valence-electron chi connectivity index (χ1n) is 11.2. The Morgan fingerprint density at radius 1 is 1.24 bits per heavy atom. The third-order valence-electron chi connectivity index (χ3n) is 7.33. The Labute approximate surface area is 188 Å². The Hall–Kier alpha value is -2.49. The lowest BCUT2D eigenvalue weighted by molar-refractivity contribution is -0.172. The number of carbonyl (C=O) groups is 1. The number of aromatic nitrogens is 2. The number of alkyl halides is 3. The monoisotopic (exact) mass is 469 g/mol. The first-order valence-corrected chi connectivity index (χ1v) is 11.2. The summed E-state index contributed by atoms with van der Waals surface area (Å²) in [6.45, 7) is 1.50. The predicted molar refractivity (Wildman–Crippen MR) is 113 cm³/mol. The van der Waals surface area contributed by atoms with Gasteiger partial charge < -0.3 is 10.0 Å². The van der Waals surface area contributed by atoms with Crippen LogP contribution in [0.15, 0.2) is 29.3 Å². The molecule has 4 rings (SSSR count). The van der Waals surface area contributed by atoms with Crippen molar-refractivity contribution in [3.05, 3.63) is 40.7 Å². The minimum atomic E-state index is -4.43. The molecule has 1 saturated heterocycles. The number of hydrogen-bond donors (Lipinski definition) is 1. The highest BCUT2D eigenvalue weighted by atomic mass is 19.4. The van der Waals surface area contributed by atoms with Gasteiger partial charge in [-0.1, -0.05) is 19.8 Å². The molecule has 1 saturated carbocycles. The molecule has 2 aliphatic rings. The van der Waals surface area contributed by atoms with E-state index in [4.69, 9.17) is 0 Å². The highest BCUT2D eigenvalue weighted by Gasteiger charge is 2.56. The molecule has 0 bridgehead atoms. The molecule has 1 unspecified atom stereocenters. The lowest BCUT2D eigenvalue weighted by Crippen LogP contribution is -2.62. The van der Waals surface area contributed by atoms with Gasteiger partial charge in [-0.25, -0.2) is 9.37 Å². The maximum absolute atomic E-state index is 13.5. The molecule has 33 heavy (non-hydrogen) atoms. The Bertz CT molecular complexity index is 1110. The molecule has 10 heteroatoms. The summed E-state index contributed by atoms with van der Waals surface area (Å²) in [6.07, 6.45) is -1.30. The normalized spacial score (nSPS) is 23.9. The van der Waals surface area contributed by atoms with E-state index in [-0.39, 0.29) is 37.0 Å². The summed E-state index contributed by atoms with van der Waals surface area (Å²) in [5, 5.41) is 12.0. The van der Waals surface area contributed by atoms with Gasteiger partial charge in [0.15, 0.2) is 0 Å². The van der Waals surface area contributed by atoms with Crippen molar-refractivity contribution >= 4 is 16.8 Å². The highest BCUT2D eigenvalue weighted by Crippen LogP contribution is 2.51. The highest BCUT2D eigenvalue weighted by molar-refractivity contribution is 5.79. The summed E-state index contributed by atoms with van der Waals surface area (Å²) in [6, 6.07) is 3.70. The van der Waals surface area contributed by atoms with Crippen LogP contribution in [0.1, 0.15) is 45.4 Å². The van der Waals surface area contributed by atoms with Gasteiger partial charge in [0.2, 0.25) is 5.91 Å². The van der Waals surface area contributed by atoms with E-state index in [0.29, 0.717) is 12.8 Å². The summed E-state index contributed by atoms with van der Waals surface area (Å²) >= 11 is 0. The van der Waals surface area contributed by atoms with Crippen molar-refractivity contribution in [3.63, 3.8) is 0 Å². The molecule has 1 amide bonds. The number of rotatable bonds is 4. The zero-order valence-electron chi connectivity index (χ0n) is 18.4. The second kappa shape index (κ2) is 8.38. The summed E-state index contributed by atoms with van der Waals surface area (Å²) in [5.41, 5.74) is -2.22. The molecule has 1 aromatic carbocycles. The second-order valence-electron chi connectivity index (χ2n) is 9.59. The van der Waals surface area contributed by atoms with Crippen molar-refractivity contribution in [2.24, 2.45) is 11.3 Å². The molecule has 2 atom stereocenters. The second-order valence-corrected chi connectivity index (χ2v) is 9.59. The number of nitrogens with zero attached hydrogens (tertiary/aromatic N) is 3. The molecular weight excluding hydrogens is 442 g/mol. The van der Waals surface area contributed by atoms with Crippen LogP contribution in [0.5, 0.6) is 0 Å². The maximum atomic E-state index is 13.5. The topological polar surface area (TPSA) is 75.4 Å². The fourth-order valence-electron chi connectivity index (χ4n) is 5.56. The minimum absolute atomic E-state index is 0.0493. The average molecular weight is 469 g/mol. The third kappa shape index (κ3) is 4.49. The zero-order valence-corrected chi connectivity index (χ0v) is 18.4. The number of carbonyl (C=O) groups excluding carboxylic acids is 1. The minimum Gasteiger partial charge on any atom is -0.387 e. The van der Waals surface area contributed by atoms with E-state index in [1.54, 1.807) is 0 Å². The van der Waals surface area contributed by atoms with Crippen LogP contribution in [0.25, 0.3) is 10.9 Å². The van der Waals surface area contributed by atoms with Crippen LogP contribution in [-0.4, -0.2) is 50.3 Å². The predicted octanol–water partition coefficient (Wildman–Crippen LogP) is 3.65. The van der Waals surface area contributed by atoms with E-state index in [1.807, 2.05) is 0 Å². The molecule has 1 aliphatic heterocycles. The van der Waals surface area contributed by atoms with Crippen molar-refractivity contribution in [2.75, 3.05) is 13.1 Å². The molecule has 1 spiro atoms. The maximum Gasteiger partial charge on any atom is 0.389 e. The van der Waals surface area contributed by atoms with E-state index >= 15 is 0 Å². The number of aliphatic hydroxyl groups is 1. The summed E-state index contributed by atoms with van der Waals surface area (Å²) in [7, 11) is 0. The van der Waals surface area contributed by atoms with E-state index in [1.165, 1.54) is 40.9 Å². The molecule has 2 aromatic rings. The van der Waals surface area contributed by atoms with Gasteiger partial charge in [0.25, 0.3) is 5.56 Å². The van der Waals surface area contributed by atoms with E-state index in [0.717, 1.165) is 12.8 Å². The molecular formula is C23H27F4N3O3. The largest absolute Gasteiger partial charge is 0.389 e. The van der Waals surface area contributed by atoms with E-state index in [9.17, 15) is 32.3 Å². The number of benzene rings is 1. The summed E-state index contributed by atoms with van der Waals surface area (Å²) in [4.78, 5) is 31.3. The van der Waals surface area contributed by atoms with Gasteiger partial charge in [0.1, 0.15) is 5.82 Å². The van der Waals surface area contributed by atoms with Gasteiger partial charge in [0, 0.05) is 30.5 Å². The number of halogens is 4. The molecule has 1 aliphatic carbocycles. The molecule has 1 aromatic heterocycles. The molecule has 0 radical (unpaired) electrons. The van der Waals surface area contributed by atoms with Crippen LogP contribution in [0, 0.1) is 17.2 Å². The standard InChI is InChI=1S/C23H27F4N3O3/c1-15(11-23(25,26)27)19(31)29-9-8-22(33,21(12-29)6-2-3-7-21)13-30-14-28-18-10-16(24)4-5-17(18)20(30)32/h4-5,10,14-15,33H,2-3,6-9,11-13H2,1H3/t15-,22?/m1/s1. The number of amides is 1. The molecule has 6 nitrogen and oxygen atoms in total. The number of likely N-dealkylation sites (tertiary alicyclic amines) is 1. The van der Waals surface area contributed by atoms with Gasteiger partial charge >= 0.3 is 6.18 Å². The Kier molecular flexibility index (Phi) is 6.01. The molecule has 180 valence electrons. The van der Waals surface area contributed by atoms with Crippen LogP contribution >= 0.6 is 0 Å². The smallest absolute Gasteiger partial charge is 0.387 e. The summed E-state index contributed by atoms with van der Waals surface area (Å²) < 4.78 is 53.2. The number of hydrogen-bond acceptors (Lipinski definition) is 4. The lowest BCUT2D eigenvalue weighted by atomic mass is 9.65. The molecule has 2 fully saturated rings. The lowest BCUT2D eigenvalue weighted by Gasteiger charge is -2.52. The first kappa shape index (κ1) is 23.7. The van der Waals surface area contributed by atoms with Crippen molar-refractivity contribution in [3.8, 4) is 0 Å². The quantitative estimate of drug-likeness (QED) is 0.694. The van der Waals surface area contributed by atoms with Gasteiger partial charge in [-0.3, -0.25) is 14.2 Å². The van der Waals surface area contributed by atoms with Crippen LogP contribution < -0.4 is 5.56 Å². The number of fused-ring (bicyclic) bond motifs is 1. The van der Waals surface area contributed by atoms with Crippen molar-refractivity contribution in [2.45, 2.75) is 63.8 Å². The fourth-order valence-corrected chi connectivity index (χ4v) is 5.56. The average Bonchev–Trinajstić information content (AvgIpc) is 3.20. The Morgan fingerprint density at radius 3 is 2.61 bits per heavy atom. The Balaban J connectivity index is 1.60. The van der Waals surface area contributed by atoms with Crippen LogP contribution in [-0.2, 0) is 11.3 Å². The zero-order chi connectivity index (χ0) is 24.0. The van der Waals surface area contributed by atoms with Crippen molar-refractivity contribution in [1.29, 1.82) is 0 Å².